The fourth-order valence-electron chi connectivity index (χ4n) is 3.90. The summed E-state index contributed by atoms with van der Waals surface area (Å²) in [4.78, 5) is 31.0. The second kappa shape index (κ2) is 10.3. The highest BCUT2D eigenvalue weighted by Gasteiger charge is 2.31. The molecule has 1 N–H and O–H groups in total. The van der Waals surface area contributed by atoms with Crippen LogP contribution in [-0.4, -0.2) is 63.8 Å². The van der Waals surface area contributed by atoms with E-state index in [0.29, 0.717) is 30.3 Å². The molecule has 0 saturated carbocycles. The molecule has 0 spiro atoms. The van der Waals surface area contributed by atoms with E-state index in [-0.39, 0.29) is 18.5 Å². The van der Waals surface area contributed by atoms with Crippen LogP contribution in [0.5, 0.6) is 11.5 Å². The molecule has 0 unspecified atom stereocenters. The van der Waals surface area contributed by atoms with Crippen molar-refractivity contribution in [3.8, 4) is 11.5 Å². The topological polar surface area (TPSA) is 74.4 Å². The molecular formula is C24H32N4O4. The van der Waals surface area contributed by atoms with Gasteiger partial charge in [0.15, 0.2) is 11.5 Å². The van der Waals surface area contributed by atoms with Crippen LogP contribution in [0.1, 0.15) is 19.4 Å². The Bertz CT molecular complexity index is 974. The van der Waals surface area contributed by atoms with Crippen molar-refractivity contribution in [1.82, 2.24) is 4.90 Å². The molecule has 3 rings (SSSR count). The van der Waals surface area contributed by atoms with Crippen LogP contribution in [0.2, 0.25) is 0 Å². The molecule has 8 heteroatoms. The summed E-state index contributed by atoms with van der Waals surface area (Å²) >= 11 is 0. The molecule has 2 aromatic carbocycles. The lowest BCUT2D eigenvalue weighted by Crippen LogP contribution is -2.37. The van der Waals surface area contributed by atoms with Crippen molar-refractivity contribution < 1.29 is 19.1 Å². The van der Waals surface area contributed by atoms with Gasteiger partial charge < -0.3 is 24.6 Å². The molecular weight excluding hydrogens is 408 g/mol. The van der Waals surface area contributed by atoms with Gasteiger partial charge in [-0.25, -0.2) is 4.79 Å². The Kier molecular flexibility index (Phi) is 7.45. The molecule has 1 fully saturated rings. The normalized spacial score (nSPS) is 13.3. The largest absolute Gasteiger partial charge is 0.493 e. The number of ether oxygens (including phenoxy) is 2. The number of hydrogen-bond acceptors (Lipinski definition) is 5. The molecule has 0 radical (unpaired) electrons. The Hall–Kier alpha value is -3.42. The zero-order chi connectivity index (χ0) is 23.3. The lowest BCUT2D eigenvalue weighted by Gasteiger charge is -2.22. The smallest absolute Gasteiger partial charge is 0.325 e. The van der Waals surface area contributed by atoms with Gasteiger partial charge in [-0.15, -0.1) is 0 Å². The summed E-state index contributed by atoms with van der Waals surface area (Å²) in [5.41, 5.74) is 3.58. The number of rotatable bonds is 9. The van der Waals surface area contributed by atoms with Crippen LogP contribution in [0, 0.1) is 6.92 Å². The maximum Gasteiger partial charge on any atom is 0.325 e. The minimum atomic E-state index is -0.216. The van der Waals surface area contributed by atoms with Crippen molar-refractivity contribution >= 4 is 29.0 Å². The van der Waals surface area contributed by atoms with E-state index in [4.69, 9.17) is 9.47 Å². The number of benzene rings is 2. The quantitative estimate of drug-likeness (QED) is 0.643. The van der Waals surface area contributed by atoms with Crippen LogP contribution >= 0.6 is 0 Å². The van der Waals surface area contributed by atoms with Gasteiger partial charge in [-0.05, 0) is 56.7 Å². The third kappa shape index (κ3) is 4.90. The van der Waals surface area contributed by atoms with Gasteiger partial charge in [0.2, 0.25) is 5.91 Å². The Balaban J connectivity index is 1.64. The molecule has 0 atom stereocenters. The van der Waals surface area contributed by atoms with Gasteiger partial charge in [0.1, 0.15) is 6.54 Å². The summed E-state index contributed by atoms with van der Waals surface area (Å²) in [6.07, 6.45) is 0. The Labute approximate surface area is 189 Å². The standard InChI is InChI=1S/C24H32N4O4/c1-6-26(7-2)18-8-10-20(17(3)14-18)25-23(29)16-27-12-13-28(24(27)30)19-9-11-21(31-4)22(15-19)32-5/h8-11,14-15H,6-7,12-13,16H2,1-5H3,(H,25,29). The van der Waals surface area contributed by atoms with Crippen molar-refractivity contribution in [3.63, 3.8) is 0 Å². The minimum Gasteiger partial charge on any atom is -0.493 e. The van der Waals surface area contributed by atoms with Crippen molar-refractivity contribution in [3.05, 3.63) is 42.0 Å². The first-order chi connectivity index (χ1) is 15.4. The third-order valence-corrected chi connectivity index (χ3v) is 5.72. The molecule has 172 valence electrons. The Morgan fingerprint density at radius 3 is 2.38 bits per heavy atom. The first-order valence-electron chi connectivity index (χ1n) is 10.9. The van der Waals surface area contributed by atoms with Crippen LogP contribution in [0.15, 0.2) is 36.4 Å². The highest BCUT2D eigenvalue weighted by Crippen LogP contribution is 2.32. The monoisotopic (exact) mass is 440 g/mol. The van der Waals surface area contributed by atoms with Gasteiger partial charge in [0.05, 0.1) is 14.2 Å². The molecule has 1 saturated heterocycles. The van der Waals surface area contributed by atoms with Gasteiger partial charge in [-0.1, -0.05) is 0 Å². The lowest BCUT2D eigenvalue weighted by molar-refractivity contribution is -0.116. The van der Waals surface area contributed by atoms with Crippen LogP contribution in [0.3, 0.4) is 0 Å². The number of hydrogen-bond donors (Lipinski definition) is 1. The highest BCUT2D eigenvalue weighted by molar-refractivity contribution is 5.99. The molecule has 8 nitrogen and oxygen atoms in total. The summed E-state index contributed by atoms with van der Waals surface area (Å²) in [5, 5.41) is 2.94. The second-order valence-electron chi connectivity index (χ2n) is 7.61. The molecule has 1 heterocycles. The lowest BCUT2D eigenvalue weighted by atomic mass is 10.1. The van der Waals surface area contributed by atoms with Crippen molar-refractivity contribution in [1.29, 1.82) is 0 Å². The fourth-order valence-corrected chi connectivity index (χ4v) is 3.90. The van der Waals surface area contributed by atoms with Crippen LogP contribution in [0.4, 0.5) is 21.9 Å². The fraction of sp³-hybridized carbons (Fsp3) is 0.417. The van der Waals surface area contributed by atoms with Crippen molar-refractivity contribution in [2.45, 2.75) is 20.8 Å². The number of methoxy groups -OCH3 is 2. The number of carbonyl (C=O) groups excluding carboxylic acids is 2. The van der Waals surface area contributed by atoms with E-state index in [1.165, 1.54) is 0 Å². The maximum absolute atomic E-state index is 12.9. The summed E-state index contributed by atoms with van der Waals surface area (Å²) < 4.78 is 10.6. The van der Waals surface area contributed by atoms with Gasteiger partial charge in [-0.3, -0.25) is 9.69 Å². The molecule has 0 aromatic heterocycles. The van der Waals surface area contributed by atoms with Gasteiger partial charge >= 0.3 is 6.03 Å². The van der Waals surface area contributed by atoms with E-state index < -0.39 is 0 Å². The van der Waals surface area contributed by atoms with Gasteiger partial charge in [0, 0.05) is 49.3 Å². The molecule has 3 amide bonds. The first-order valence-corrected chi connectivity index (χ1v) is 10.9. The molecule has 32 heavy (non-hydrogen) atoms. The SMILES string of the molecule is CCN(CC)c1ccc(NC(=O)CN2CCN(c3ccc(OC)c(OC)c3)C2=O)c(C)c1. The summed E-state index contributed by atoms with van der Waals surface area (Å²) in [6, 6.07) is 11.1. The number of amides is 3. The summed E-state index contributed by atoms with van der Waals surface area (Å²) in [6.45, 7) is 9.03. The van der Waals surface area contributed by atoms with Crippen LogP contribution in [0.25, 0.3) is 0 Å². The van der Waals surface area contributed by atoms with E-state index in [2.05, 4.69) is 30.1 Å². The van der Waals surface area contributed by atoms with Gasteiger partial charge in [0.25, 0.3) is 0 Å². The zero-order valence-electron chi connectivity index (χ0n) is 19.5. The number of carbonyl (C=O) groups is 2. The Morgan fingerprint density at radius 1 is 1.03 bits per heavy atom. The second-order valence-corrected chi connectivity index (χ2v) is 7.61. The zero-order valence-corrected chi connectivity index (χ0v) is 19.5. The van der Waals surface area contributed by atoms with E-state index in [1.54, 1.807) is 36.2 Å². The predicted molar refractivity (Wildman–Crippen MR) is 127 cm³/mol. The summed E-state index contributed by atoms with van der Waals surface area (Å²) in [7, 11) is 3.12. The number of urea groups is 1. The number of aryl methyl sites for hydroxylation is 1. The summed E-state index contributed by atoms with van der Waals surface area (Å²) in [5.74, 6) is 0.935. The van der Waals surface area contributed by atoms with Crippen LogP contribution < -0.4 is 24.6 Å². The van der Waals surface area contributed by atoms with Crippen molar-refractivity contribution in [2.24, 2.45) is 0 Å². The molecule has 0 bridgehead atoms. The molecule has 1 aliphatic rings. The number of nitrogens with one attached hydrogen (secondary N) is 1. The predicted octanol–water partition coefficient (Wildman–Crippen LogP) is 3.74. The third-order valence-electron chi connectivity index (χ3n) is 5.72. The average molecular weight is 441 g/mol. The Morgan fingerprint density at radius 2 is 1.75 bits per heavy atom. The average Bonchev–Trinajstić information content (AvgIpc) is 3.15. The number of anilines is 3. The van der Waals surface area contributed by atoms with E-state index in [9.17, 15) is 9.59 Å². The van der Waals surface area contributed by atoms with Gasteiger partial charge in [-0.2, -0.15) is 0 Å². The van der Waals surface area contributed by atoms with E-state index in [0.717, 1.165) is 30.0 Å². The van der Waals surface area contributed by atoms with E-state index >= 15 is 0 Å². The molecule has 2 aromatic rings. The maximum atomic E-state index is 12.9. The molecule has 0 aliphatic carbocycles. The van der Waals surface area contributed by atoms with Crippen LogP contribution in [-0.2, 0) is 4.79 Å². The molecule has 1 aliphatic heterocycles. The van der Waals surface area contributed by atoms with E-state index in [1.807, 2.05) is 25.1 Å². The number of nitrogens with zero attached hydrogens (tertiary/aromatic N) is 3. The first kappa shape index (κ1) is 23.2. The highest BCUT2D eigenvalue weighted by atomic mass is 16.5. The van der Waals surface area contributed by atoms with Crippen molar-refractivity contribution in [2.75, 3.05) is 62.1 Å². The minimum absolute atomic E-state index is 0.000140.